The number of aromatic nitrogens is 2. The first kappa shape index (κ1) is 10.3. The largest absolute Gasteiger partial charge is 0.330 e. The summed E-state index contributed by atoms with van der Waals surface area (Å²) in [6.07, 6.45) is 7.88. The SMILES string of the molecule is NC1CCc2cnc(CC3CCCN3)n2C1. The fourth-order valence-corrected chi connectivity index (χ4v) is 2.85. The Bertz CT molecular complexity index is 365. The summed E-state index contributed by atoms with van der Waals surface area (Å²) in [6, 6.07) is 0.946. The number of nitrogens with one attached hydrogen (secondary N) is 1. The zero-order valence-corrected chi connectivity index (χ0v) is 9.65. The maximum atomic E-state index is 6.02. The van der Waals surface area contributed by atoms with Gasteiger partial charge in [0, 0.05) is 36.9 Å². The first-order valence-electron chi connectivity index (χ1n) is 6.35. The fourth-order valence-electron chi connectivity index (χ4n) is 2.85. The number of nitrogens with two attached hydrogens (primary N) is 1. The van der Waals surface area contributed by atoms with Gasteiger partial charge in [0.1, 0.15) is 5.82 Å². The highest BCUT2D eigenvalue weighted by Crippen LogP contribution is 2.18. The van der Waals surface area contributed by atoms with Crippen LogP contribution in [0.3, 0.4) is 0 Å². The topological polar surface area (TPSA) is 55.9 Å². The number of nitrogens with zero attached hydrogens (tertiary/aromatic N) is 2. The molecule has 1 saturated heterocycles. The van der Waals surface area contributed by atoms with Crippen molar-refractivity contribution in [3.63, 3.8) is 0 Å². The third kappa shape index (κ3) is 1.87. The summed E-state index contributed by atoms with van der Waals surface area (Å²) in [5.74, 6) is 1.23. The van der Waals surface area contributed by atoms with E-state index >= 15 is 0 Å². The maximum Gasteiger partial charge on any atom is 0.110 e. The molecule has 0 aromatic carbocycles. The molecule has 16 heavy (non-hydrogen) atoms. The Morgan fingerprint density at radius 1 is 1.50 bits per heavy atom. The number of imidazole rings is 1. The lowest BCUT2D eigenvalue weighted by molar-refractivity contribution is 0.440. The highest BCUT2D eigenvalue weighted by Gasteiger charge is 2.22. The minimum atomic E-state index is 0.317. The van der Waals surface area contributed by atoms with E-state index in [1.165, 1.54) is 24.4 Å². The van der Waals surface area contributed by atoms with E-state index < -0.39 is 0 Å². The van der Waals surface area contributed by atoms with E-state index in [0.29, 0.717) is 12.1 Å². The lowest BCUT2D eigenvalue weighted by Crippen LogP contribution is -2.33. The summed E-state index contributed by atoms with van der Waals surface area (Å²) in [6.45, 7) is 2.12. The summed E-state index contributed by atoms with van der Waals surface area (Å²) in [7, 11) is 0. The van der Waals surface area contributed by atoms with Crippen LogP contribution >= 0.6 is 0 Å². The van der Waals surface area contributed by atoms with Gasteiger partial charge in [-0.2, -0.15) is 0 Å². The molecule has 2 aliphatic rings. The number of fused-ring (bicyclic) bond motifs is 1. The van der Waals surface area contributed by atoms with Crippen LogP contribution in [0.5, 0.6) is 0 Å². The van der Waals surface area contributed by atoms with E-state index in [0.717, 1.165) is 32.4 Å². The van der Waals surface area contributed by atoms with Crippen LogP contribution in [0.2, 0.25) is 0 Å². The molecular weight excluding hydrogens is 200 g/mol. The third-order valence-corrected chi connectivity index (χ3v) is 3.80. The molecule has 0 radical (unpaired) electrons. The van der Waals surface area contributed by atoms with Gasteiger partial charge in [0.2, 0.25) is 0 Å². The van der Waals surface area contributed by atoms with E-state index in [-0.39, 0.29) is 0 Å². The van der Waals surface area contributed by atoms with Gasteiger partial charge in [0.25, 0.3) is 0 Å². The number of aryl methyl sites for hydroxylation is 1. The molecular formula is C12H20N4. The van der Waals surface area contributed by atoms with Crippen LogP contribution in [0, 0.1) is 0 Å². The van der Waals surface area contributed by atoms with Crippen LogP contribution < -0.4 is 11.1 Å². The maximum absolute atomic E-state index is 6.02. The van der Waals surface area contributed by atoms with E-state index in [4.69, 9.17) is 5.73 Å². The molecule has 3 N–H and O–H groups in total. The Balaban J connectivity index is 1.77. The van der Waals surface area contributed by atoms with Crippen molar-refractivity contribution in [2.75, 3.05) is 6.54 Å². The van der Waals surface area contributed by atoms with E-state index in [1.54, 1.807) is 0 Å². The summed E-state index contributed by atoms with van der Waals surface area (Å²) < 4.78 is 2.34. The van der Waals surface area contributed by atoms with Crippen molar-refractivity contribution in [3.05, 3.63) is 17.7 Å². The van der Waals surface area contributed by atoms with Gasteiger partial charge in [-0.25, -0.2) is 4.98 Å². The van der Waals surface area contributed by atoms with Gasteiger partial charge >= 0.3 is 0 Å². The standard InChI is InChI=1S/C12H20N4/c13-9-3-4-11-7-15-12(16(11)8-9)6-10-2-1-5-14-10/h7,9-10,14H,1-6,8,13H2. The molecule has 0 bridgehead atoms. The number of hydrogen-bond acceptors (Lipinski definition) is 3. The molecule has 0 saturated carbocycles. The molecule has 88 valence electrons. The molecule has 1 aromatic heterocycles. The predicted molar refractivity (Wildman–Crippen MR) is 63.3 cm³/mol. The molecule has 2 atom stereocenters. The zero-order chi connectivity index (χ0) is 11.0. The van der Waals surface area contributed by atoms with Gasteiger partial charge in [0.05, 0.1) is 0 Å². The molecule has 0 amide bonds. The third-order valence-electron chi connectivity index (χ3n) is 3.80. The van der Waals surface area contributed by atoms with Crippen LogP contribution in [0.1, 0.15) is 30.8 Å². The van der Waals surface area contributed by atoms with Crippen molar-refractivity contribution in [2.24, 2.45) is 5.73 Å². The van der Waals surface area contributed by atoms with Gasteiger partial charge in [-0.15, -0.1) is 0 Å². The monoisotopic (exact) mass is 220 g/mol. The van der Waals surface area contributed by atoms with E-state index in [2.05, 4.69) is 14.9 Å². The molecule has 3 heterocycles. The summed E-state index contributed by atoms with van der Waals surface area (Å²) in [5, 5.41) is 3.53. The Kier molecular flexibility index (Phi) is 2.69. The Morgan fingerprint density at radius 3 is 3.25 bits per heavy atom. The minimum Gasteiger partial charge on any atom is -0.330 e. The van der Waals surface area contributed by atoms with Crippen LogP contribution in [0.4, 0.5) is 0 Å². The molecule has 2 aliphatic heterocycles. The summed E-state index contributed by atoms with van der Waals surface area (Å²) >= 11 is 0. The zero-order valence-electron chi connectivity index (χ0n) is 9.65. The van der Waals surface area contributed by atoms with Crippen molar-refractivity contribution in [3.8, 4) is 0 Å². The Labute approximate surface area is 96.2 Å². The van der Waals surface area contributed by atoms with Crippen molar-refractivity contribution < 1.29 is 0 Å². The van der Waals surface area contributed by atoms with Crippen LogP contribution in [0.15, 0.2) is 6.20 Å². The normalized spacial score (nSPS) is 29.3. The average Bonchev–Trinajstić information content (AvgIpc) is 2.90. The van der Waals surface area contributed by atoms with Crippen molar-refractivity contribution >= 4 is 0 Å². The first-order valence-corrected chi connectivity index (χ1v) is 6.35. The molecule has 0 spiro atoms. The van der Waals surface area contributed by atoms with Crippen molar-refractivity contribution in [1.29, 1.82) is 0 Å². The quantitative estimate of drug-likeness (QED) is 0.761. The van der Waals surface area contributed by atoms with Crippen molar-refractivity contribution in [2.45, 2.75) is 50.7 Å². The van der Waals surface area contributed by atoms with Gasteiger partial charge in [0.15, 0.2) is 0 Å². The van der Waals surface area contributed by atoms with E-state index in [9.17, 15) is 0 Å². The predicted octanol–water partition coefficient (Wildman–Crippen LogP) is 0.451. The smallest absolute Gasteiger partial charge is 0.110 e. The number of hydrogen-bond donors (Lipinski definition) is 2. The first-order chi connectivity index (χ1) is 7.83. The highest BCUT2D eigenvalue weighted by atomic mass is 15.1. The van der Waals surface area contributed by atoms with E-state index in [1.807, 2.05) is 6.20 Å². The Morgan fingerprint density at radius 2 is 2.44 bits per heavy atom. The number of rotatable bonds is 2. The Hall–Kier alpha value is -0.870. The second-order valence-electron chi connectivity index (χ2n) is 5.07. The highest BCUT2D eigenvalue weighted by molar-refractivity contribution is 5.10. The van der Waals surface area contributed by atoms with Crippen LogP contribution in [0.25, 0.3) is 0 Å². The molecule has 3 rings (SSSR count). The van der Waals surface area contributed by atoms with Gasteiger partial charge in [-0.3, -0.25) is 0 Å². The van der Waals surface area contributed by atoms with Gasteiger partial charge < -0.3 is 15.6 Å². The lowest BCUT2D eigenvalue weighted by atomic mass is 10.1. The molecule has 2 unspecified atom stereocenters. The van der Waals surface area contributed by atoms with Crippen LogP contribution in [-0.4, -0.2) is 28.2 Å². The fraction of sp³-hybridized carbons (Fsp3) is 0.750. The second kappa shape index (κ2) is 4.18. The van der Waals surface area contributed by atoms with Crippen molar-refractivity contribution in [1.82, 2.24) is 14.9 Å². The lowest BCUT2D eigenvalue weighted by Gasteiger charge is -2.23. The second-order valence-corrected chi connectivity index (χ2v) is 5.07. The molecule has 4 nitrogen and oxygen atoms in total. The average molecular weight is 220 g/mol. The summed E-state index contributed by atoms with van der Waals surface area (Å²) in [4.78, 5) is 4.56. The van der Waals surface area contributed by atoms with Gasteiger partial charge in [-0.1, -0.05) is 0 Å². The minimum absolute atomic E-state index is 0.317. The molecule has 1 aromatic rings. The molecule has 1 fully saturated rings. The molecule has 0 aliphatic carbocycles. The van der Waals surface area contributed by atoms with Crippen LogP contribution in [-0.2, 0) is 19.4 Å². The molecule has 4 heteroatoms. The van der Waals surface area contributed by atoms with Gasteiger partial charge in [-0.05, 0) is 32.2 Å². The summed E-state index contributed by atoms with van der Waals surface area (Å²) in [5.41, 5.74) is 7.39.